The van der Waals surface area contributed by atoms with Crippen molar-refractivity contribution in [1.82, 2.24) is 9.13 Å². The SMILES string of the molecule is [2H]c1c([2H])c([2H])c2c(c1[2H])c1c([2H])c(C#N)c([2H])c([2H])c1n2-c1ccc2c(c1)N(c1c(-c3ccccc3)cccc1-c1ccccc1)c1cc(-c3cccc4c3C3(c5ccccc5-c5ccccc53)c3ccccc3-4)cc3c1B2c1ccc(-n2c4ccccc4c4ccccc42)cc1N3c1ccc(C(C)(C)C)cc1-c1ccccc1. The molecule has 2 aliphatic heterocycles. The molecule has 4 aliphatic rings. The van der Waals surface area contributed by atoms with E-state index in [1.807, 2.05) is 24.3 Å². The van der Waals surface area contributed by atoms with Crippen molar-refractivity contribution in [3.63, 3.8) is 0 Å². The second-order valence-electron chi connectivity index (χ2n) is 29.9. The molecule has 2 aliphatic carbocycles. The first kappa shape index (κ1) is 54.9. The number of anilines is 6. The molecule has 4 heterocycles. The predicted octanol–water partition coefficient (Wildman–Crippen LogP) is 24.1. The zero-order valence-corrected chi connectivity index (χ0v) is 59.3. The van der Waals surface area contributed by atoms with Gasteiger partial charge in [0, 0.05) is 72.4 Å². The van der Waals surface area contributed by atoms with Crippen LogP contribution in [-0.2, 0) is 10.8 Å². The largest absolute Gasteiger partial charge is 0.311 e. The van der Waals surface area contributed by atoms with Gasteiger partial charge in [0.1, 0.15) is 0 Å². The molecule has 0 bridgehead atoms. The monoisotopic (exact) mass is 1380 g/mol. The van der Waals surface area contributed by atoms with Crippen LogP contribution in [0, 0.1) is 11.3 Å². The normalized spacial score (nSPS) is 14.2. The lowest BCUT2D eigenvalue weighted by atomic mass is 9.33. The number of nitriles is 1. The van der Waals surface area contributed by atoms with Gasteiger partial charge >= 0.3 is 0 Å². The smallest absolute Gasteiger partial charge is 0.252 e. The number of fused-ring (bicyclic) bond motifs is 20. The Hall–Kier alpha value is -13.7. The molecule has 22 rings (SSSR count). The number of para-hydroxylation sites is 4. The first-order valence-corrected chi connectivity index (χ1v) is 37.0. The van der Waals surface area contributed by atoms with E-state index >= 15 is 0 Å². The standard InChI is InChI=1S/C102H68BN5/c1-101(2,3)69-50-56-92(82(60-69)67-31-11-6-12-32-67)107-94-61-70(105-89-46-22-16-36-78(89)79-37-17-23-47-90(79)105)51-53-87(94)103-88-54-52-71(106-91-48-24-18-38-80(91)83-57-64(63-104)49-55-93(83)106)62-95(88)108(100-73(65-27-7-4-8-28-65)40-26-41-74(100)66-29-9-5-10-30-66)97-59-68(58-96(107)99(97)103)72-39-25-42-81-77-35-15-21-45-86(77)102(98(72)81)84-43-19-13-33-75(84)76-34-14-20-44-85(76)102/h4-62H,1-3H3/i18D,24D,38D,48D,49D,55D,57D. The second-order valence-corrected chi connectivity index (χ2v) is 29.9. The molecule has 108 heavy (non-hydrogen) atoms. The third kappa shape index (κ3) is 8.76. The average molecular weight is 1380 g/mol. The van der Waals surface area contributed by atoms with E-state index in [-0.39, 0.29) is 50.9 Å². The van der Waals surface area contributed by atoms with Crippen LogP contribution in [-0.4, -0.2) is 15.8 Å². The van der Waals surface area contributed by atoms with Crippen molar-refractivity contribution in [3.8, 4) is 84.2 Å². The molecule has 0 atom stereocenters. The van der Waals surface area contributed by atoms with Crippen LogP contribution in [0.1, 0.15) is 63.7 Å². The van der Waals surface area contributed by atoms with E-state index in [1.54, 1.807) is 4.57 Å². The van der Waals surface area contributed by atoms with Gasteiger partial charge in [0.25, 0.3) is 6.71 Å². The van der Waals surface area contributed by atoms with E-state index in [9.17, 15) is 13.5 Å². The van der Waals surface area contributed by atoms with Gasteiger partial charge in [0.15, 0.2) is 0 Å². The molecule has 504 valence electrons. The number of hydrogen-bond donors (Lipinski definition) is 0. The maximum Gasteiger partial charge on any atom is 0.252 e. The van der Waals surface area contributed by atoms with Gasteiger partial charge in [-0.1, -0.05) is 294 Å². The van der Waals surface area contributed by atoms with Crippen LogP contribution in [0.4, 0.5) is 34.1 Å². The van der Waals surface area contributed by atoms with E-state index in [4.69, 9.17) is 1.37 Å². The molecule has 1 spiro atoms. The Kier molecular flexibility index (Phi) is 11.9. The highest BCUT2D eigenvalue weighted by molar-refractivity contribution is 7.00. The highest BCUT2D eigenvalue weighted by Gasteiger charge is 2.53. The van der Waals surface area contributed by atoms with Gasteiger partial charge in [-0.3, -0.25) is 0 Å². The third-order valence-electron chi connectivity index (χ3n) is 23.3. The molecule has 0 amide bonds. The van der Waals surface area contributed by atoms with Crippen LogP contribution in [0.5, 0.6) is 0 Å². The number of aromatic nitrogens is 2. The Morgan fingerprint density at radius 2 is 0.824 bits per heavy atom. The molecule has 16 aromatic carbocycles. The molecular weight excluding hydrogens is 1310 g/mol. The number of rotatable bonds is 8. The lowest BCUT2D eigenvalue weighted by Gasteiger charge is -2.46. The minimum absolute atomic E-state index is 0.0110. The number of hydrogen-bond acceptors (Lipinski definition) is 3. The van der Waals surface area contributed by atoms with E-state index in [0.717, 1.165) is 128 Å². The first-order valence-electron chi connectivity index (χ1n) is 40.5. The molecule has 0 N–H and O–H groups in total. The maximum absolute atomic E-state index is 10.7. The van der Waals surface area contributed by atoms with Crippen molar-refractivity contribution in [1.29, 1.82) is 5.26 Å². The van der Waals surface area contributed by atoms with Gasteiger partial charge < -0.3 is 18.9 Å². The van der Waals surface area contributed by atoms with Crippen LogP contribution < -0.4 is 26.2 Å². The average Bonchev–Trinajstić information content (AvgIpc) is 1.62. The fraction of sp³-hybridized carbons (Fsp3) is 0.0490. The molecule has 0 unspecified atom stereocenters. The number of nitrogens with zero attached hydrogens (tertiary/aromatic N) is 5. The summed E-state index contributed by atoms with van der Waals surface area (Å²) in [6, 6.07) is 114. The van der Waals surface area contributed by atoms with Crippen molar-refractivity contribution >= 4 is 101 Å². The van der Waals surface area contributed by atoms with Crippen molar-refractivity contribution in [2.24, 2.45) is 0 Å². The Balaban J connectivity index is 0.946. The first-order chi connectivity index (χ1) is 56.1. The fourth-order valence-corrected chi connectivity index (χ4v) is 18.9. The zero-order chi connectivity index (χ0) is 77.8. The van der Waals surface area contributed by atoms with Crippen molar-refractivity contribution in [2.45, 2.75) is 31.6 Å². The van der Waals surface area contributed by atoms with Crippen molar-refractivity contribution in [2.75, 3.05) is 9.80 Å². The molecule has 5 nitrogen and oxygen atoms in total. The molecular formula is C102H68BN5. The van der Waals surface area contributed by atoms with E-state index < -0.39 is 36.3 Å². The van der Waals surface area contributed by atoms with Gasteiger partial charge in [0.05, 0.1) is 60.1 Å². The quantitative estimate of drug-likeness (QED) is 0.142. The van der Waals surface area contributed by atoms with Gasteiger partial charge in [-0.2, -0.15) is 5.26 Å². The molecule has 6 heteroatoms. The Morgan fingerprint density at radius 3 is 1.41 bits per heavy atom. The molecule has 0 saturated heterocycles. The highest BCUT2D eigenvalue weighted by atomic mass is 15.2. The second kappa shape index (κ2) is 23.4. The van der Waals surface area contributed by atoms with E-state index in [1.165, 1.54) is 44.5 Å². The predicted molar refractivity (Wildman–Crippen MR) is 451 cm³/mol. The van der Waals surface area contributed by atoms with Crippen LogP contribution in [0.25, 0.3) is 122 Å². The molecule has 18 aromatic rings. The lowest BCUT2D eigenvalue weighted by Crippen LogP contribution is -2.61. The summed E-state index contributed by atoms with van der Waals surface area (Å²) in [5.74, 6) is 0. The third-order valence-corrected chi connectivity index (χ3v) is 23.3. The summed E-state index contributed by atoms with van der Waals surface area (Å²) < 4.78 is 71.5. The van der Waals surface area contributed by atoms with Gasteiger partial charge in [-0.25, -0.2) is 0 Å². The van der Waals surface area contributed by atoms with Crippen LogP contribution in [0.3, 0.4) is 0 Å². The summed E-state index contributed by atoms with van der Waals surface area (Å²) in [7, 11) is 0. The van der Waals surface area contributed by atoms with E-state index in [2.05, 4.69) is 332 Å². The van der Waals surface area contributed by atoms with Crippen LogP contribution >= 0.6 is 0 Å². The Bertz CT molecular complexity index is 7170. The minimum atomic E-state index is -0.778. The highest BCUT2D eigenvalue weighted by Crippen LogP contribution is 2.65. The summed E-state index contributed by atoms with van der Waals surface area (Å²) in [5, 5.41) is 13.0. The molecule has 2 aromatic heterocycles. The number of benzene rings is 16. The summed E-state index contributed by atoms with van der Waals surface area (Å²) in [4.78, 5) is 5.03. The molecule has 0 saturated carbocycles. The zero-order valence-electron chi connectivity index (χ0n) is 66.3. The Morgan fingerprint density at radius 1 is 0.352 bits per heavy atom. The fourth-order valence-electron chi connectivity index (χ4n) is 18.9. The van der Waals surface area contributed by atoms with Crippen LogP contribution in [0.2, 0.25) is 0 Å². The lowest BCUT2D eigenvalue weighted by molar-refractivity contribution is 0.590. The summed E-state index contributed by atoms with van der Waals surface area (Å²) >= 11 is 0. The maximum atomic E-state index is 10.7. The topological polar surface area (TPSA) is 40.1 Å². The van der Waals surface area contributed by atoms with Gasteiger partial charge in [-0.15, -0.1) is 0 Å². The minimum Gasteiger partial charge on any atom is -0.311 e. The summed E-state index contributed by atoms with van der Waals surface area (Å²) in [6.07, 6.45) is 0. The van der Waals surface area contributed by atoms with Gasteiger partial charge in [0.2, 0.25) is 0 Å². The molecule has 0 fully saturated rings. The Labute approximate surface area is 637 Å². The summed E-state index contributed by atoms with van der Waals surface area (Å²) in [6.45, 7) is 6.30. The van der Waals surface area contributed by atoms with Crippen LogP contribution in [0.15, 0.2) is 358 Å². The van der Waals surface area contributed by atoms with Crippen molar-refractivity contribution in [3.05, 3.63) is 391 Å². The summed E-state index contributed by atoms with van der Waals surface area (Å²) in [5.41, 5.74) is 29.1. The van der Waals surface area contributed by atoms with Gasteiger partial charge in [-0.05, 0) is 185 Å². The van der Waals surface area contributed by atoms with E-state index in [0.29, 0.717) is 5.69 Å². The molecule has 0 radical (unpaired) electrons. The van der Waals surface area contributed by atoms with Crippen molar-refractivity contribution < 1.29 is 9.60 Å².